The summed E-state index contributed by atoms with van der Waals surface area (Å²) in [5, 5.41) is 11.3. The normalized spacial score (nSPS) is 18.0. The van der Waals surface area contributed by atoms with Crippen molar-refractivity contribution < 1.29 is 0 Å². The van der Waals surface area contributed by atoms with Crippen LogP contribution in [0.4, 0.5) is 0 Å². The predicted molar refractivity (Wildman–Crippen MR) is 111 cm³/mol. The van der Waals surface area contributed by atoms with Crippen LogP contribution in [0, 0.1) is 5.92 Å². The van der Waals surface area contributed by atoms with Crippen molar-refractivity contribution in [3.05, 3.63) is 18.5 Å². The van der Waals surface area contributed by atoms with Gasteiger partial charge in [0.25, 0.3) is 0 Å². The maximum absolute atomic E-state index is 4.36. The van der Waals surface area contributed by atoms with E-state index in [1.165, 1.54) is 38.9 Å². The molecular formula is C17H33IN6. The molecule has 7 heteroatoms. The molecule has 1 aliphatic heterocycles. The first-order valence-electron chi connectivity index (χ1n) is 8.88. The Hall–Kier alpha value is -0.830. The van der Waals surface area contributed by atoms with E-state index in [2.05, 4.69) is 39.5 Å². The summed E-state index contributed by atoms with van der Waals surface area (Å²) < 4.78 is 1.98. The van der Waals surface area contributed by atoms with Gasteiger partial charge in [-0.05, 0) is 37.8 Å². The number of likely N-dealkylation sites (tertiary alicyclic amines) is 1. The lowest BCUT2D eigenvalue weighted by Gasteiger charge is -2.33. The van der Waals surface area contributed by atoms with Crippen LogP contribution in [0.2, 0.25) is 0 Å². The number of aliphatic imine (C=N–C) groups is 1. The molecule has 1 atom stereocenters. The van der Waals surface area contributed by atoms with E-state index in [4.69, 9.17) is 0 Å². The Morgan fingerprint density at radius 1 is 1.38 bits per heavy atom. The molecule has 0 bridgehead atoms. The summed E-state index contributed by atoms with van der Waals surface area (Å²) in [4.78, 5) is 6.92. The second-order valence-electron chi connectivity index (χ2n) is 6.55. The number of nitrogens with zero attached hydrogens (tertiary/aromatic N) is 4. The maximum Gasteiger partial charge on any atom is 0.191 e. The van der Waals surface area contributed by atoms with E-state index in [1.54, 1.807) is 0 Å². The molecule has 0 spiro atoms. The molecule has 1 saturated heterocycles. The molecule has 0 radical (unpaired) electrons. The molecule has 0 saturated carbocycles. The average Bonchev–Trinajstić information content (AvgIpc) is 3.06. The van der Waals surface area contributed by atoms with Crippen LogP contribution in [0.15, 0.2) is 23.5 Å². The van der Waals surface area contributed by atoms with E-state index in [-0.39, 0.29) is 24.0 Å². The van der Waals surface area contributed by atoms with Gasteiger partial charge in [-0.3, -0.25) is 9.67 Å². The number of hydrogen-bond acceptors (Lipinski definition) is 3. The van der Waals surface area contributed by atoms with Gasteiger partial charge < -0.3 is 15.5 Å². The summed E-state index contributed by atoms with van der Waals surface area (Å²) in [5.41, 5.74) is 0. The number of halogens is 1. The third-order valence-corrected chi connectivity index (χ3v) is 4.37. The highest BCUT2D eigenvalue weighted by Crippen LogP contribution is 2.10. The number of hydrogen-bond donors (Lipinski definition) is 2. The third kappa shape index (κ3) is 7.38. The minimum absolute atomic E-state index is 0. The largest absolute Gasteiger partial charge is 0.356 e. The molecule has 1 aromatic rings. The van der Waals surface area contributed by atoms with Gasteiger partial charge >= 0.3 is 0 Å². The Kier molecular flexibility index (Phi) is 10.3. The molecule has 1 aromatic heterocycles. The number of aromatic nitrogens is 2. The molecule has 1 aliphatic rings. The van der Waals surface area contributed by atoms with Gasteiger partial charge in [-0.1, -0.05) is 13.8 Å². The van der Waals surface area contributed by atoms with Crippen LogP contribution < -0.4 is 10.6 Å². The fraction of sp³-hybridized carbons (Fsp3) is 0.765. The zero-order valence-corrected chi connectivity index (χ0v) is 17.6. The zero-order valence-electron chi connectivity index (χ0n) is 15.2. The van der Waals surface area contributed by atoms with E-state index in [9.17, 15) is 0 Å². The fourth-order valence-corrected chi connectivity index (χ4v) is 3.07. The van der Waals surface area contributed by atoms with E-state index >= 15 is 0 Å². The van der Waals surface area contributed by atoms with Gasteiger partial charge in [-0.15, -0.1) is 24.0 Å². The SMILES string of the molecule is CCCN1CCC(NC(=NC)NCC(C)Cn2cccn2)CC1.I. The Balaban J connectivity index is 0.00000288. The zero-order chi connectivity index (χ0) is 16.5. The lowest BCUT2D eigenvalue weighted by Crippen LogP contribution is -2.49. The minimum Gasteiger partial charge on any atom is -0.356 e. The van der Waals surface area contributed by atoms with Gasteiger partial charge in [-0.2, -0.15) is 5.10 Å². The highest BCUT2D eigenvalue weighted by molar-refractivity contribution is 14.0. The molecule has 2 rings (SSSR count). The van der Waals surface area contributed by atoms with Crippen LogP contribution in [-0.4, -0.2) is 59.9 Å². The van der Waals surface area contributed by atoms with E-state index in [0.717, 1.165) is 19.0 Å². The van der Waals surface area contributed by atoms with Crippen LogP contribution >= 0.6 is 24.0 Å². The number of rotatable bonds is 7. The van der Waals surface area contributed by atoms with Crippen molar-refractivity contribution in [3.63, 3.8) is 0 Å². The summed E-state index contributed by atoms with van der Waals surface area (Å²) >= 11 is 0. The molecule has 0 aliphatic carbocycles. The van der Waals surface area contributed by atoms with Crippen molar-refractivity contribution in [1.29, 1.82) is 0 Å². The van der Waals surface area contributed by atoms with E-state index in [1.807, 2.05) is 30.2 Å². The number of guanidine groups is 1. The van der Waals surface area contributed by atoms with Gasteiger partial charge in [0.2, 0.25) is 0 Å². The molecule has 138 valence electrons. The summed E-state index contributed by atoms with van der Waals surface area (Å²) in [6, 6.07) is 2.50. The van der Waals surface area contributed by atoms with Gasteiger partial charge in [0.1, 0.15) is 0 Å². The quantitative estimate of drug-likeness (QED) is 0.382. The first-order valence-corrected chi connectivity index (χ1v) is 8.88. The lowest BCUT2D eigenvalue weighted by atomic mass is 10.1. The molecule has 6 nitrogen and oxygen atoms in total. The van der Waals surface area contributed by atoms with Gasteiger partial charge in [-0.25, -0.2) is 0 Å². The van der Waals surface area contributed by atoms with Gasteiger partial charge in [0.05, 0.1) is 0 Å². The summed E-state index contributed by atoms with van der Waals surface area (Å²) in [6.07, 6.45) is 7.47. The van der Waals surface area contributed by atoms with Crippen molar-refractivity contribution in [2.24, 2.45) is 10.9 Å². The Labute approximate surface area is 163 Å². The molecule has 24 heavy (non-hydrogen) atoms. The highest BCUT2D eigenvalue weighted by atomic mass is 127. The first-order chi connectivity index (χ1) is 11.2. The number of nitrogens with one attached hydrogen (secondary N) is 2. The molecular weight excluding hydrogens is 415 g/mol. The maximum atomic E-state index is 4.36. The van der Waals surface area contributed by atoms with E-state index < -0.39 is 0 Å². The van der Waals surface area contributed by atoms with Crippen molar-refractivity contribution >= 4 is 29.9 Å². The fourth-order valence-electron chi connectivity index (χ4n) is 3.07. The Morgan fingerprint density at radius 3 is 2.71 bits per heavy atom. The van der Waals surface area contributed by atoms with Crippen molar-refractivity contribution in [2.45, 2.75) is 45.7 Å². The van der Waals surface area contributed by atoms with E-state index in [0.29, 0.717) is 12.0 Å². The standard InChI is InChI=1S/C17H32N6.HI/c1-4-9-22-11-6-16(7-12-22)21-17(18-3)19-13-15(2)14-23-10-5-8-20-23;/h5,8,10,15-16H,4,6-7,9,11-14H2,1-3H3,(H2,18,19,21);1H. The van der Waals surface area contributed by atoms with Crippen molar-refractivity contribution in [1.82, 2.24) is 25.3 Å². The van der Waals surface area contributed by atoms with Crippen LogP contribution in [0.25, 0.3) is 0 Å². The van der Waals surface area contributed by atoms with Crippen LogP contribution in [0.1, 0.15) is 33.1 Å². The average molecular weight is 448 g/mol. The highest BCUT2D eigenvalue weighted by Gasteiger charge is 2.19. The van der Waals surface area contributed by atoms with Crippen LogP contribution in [0.3, 0.4) is 0 Å². The topological polar surface area (TPSA) is 57.5 Å². The summed E-state index contributed by atoms with van der Waals surface area (Å²) in [6.45, 7) is 9.91. The molecule has 0 amide bonds. The molecule has 2 heterocycles. The molecule has 0 aromatic carbocycles. The Morgan fingerprint density at radius 2 is 2.12 bits per heavy atom. The smallest absolute Gasteiger partial charge is 0.191 e. The van der Waals surface area contributed by atoms with Gasteiger partial charge in [0, 0.05) is 51.7 Å². The summed E-state index contributed by atoms with van der Waals surface area (Å²) in [7, 11) is 1.85. The molecule has 1 unspecified atom stereocenters. The monoisotopic (exact) mass is 448 g/mol. The summed E-state index contributed by atoms with van der Waals surface area (Å²) in [5.74, 6) is 1.42. The minimum atomic E-state index is 0. The molecule has 1 fully saturated rings. The first kappa shape index (κ1) is 21.2. The van der Waals surface area contributed by atoms with Crippen LogP contribution in [0.5, 0.6) is 0 Å². The van der Waals surface area contributed by atoms with Crippen LogP contribution in [-0.2, 0) is 6.54 Å². The lowest BCUT2D eigenvalue weighted by molar-refractivity contribution is 0.206. The van der Waals surface area contributed by atoms with Crippen molar-refractivity contribution in [2.75, 3.05) is 33.2 Å². The predicted octanol–water partition coefficient (Wildman–Crippen LogP) is 2.18. The van der Waals surface area contributed by atoms with Crippen molar-refractivity contribution in [3.8, 4) is 0 Å². The van der Waals surface area contributed by atoms with Gasteiger partial charge in [0.15, 0.2) is 5.96 Å². The second kappa shape index (κ2) is 11.7. The third-order valence-electron chi connectivity index (χ3n) is 4.37. The molecule has 2 N–H and O–H groups in total. The Bertz CT molecular complexity index is 454. The number of piperidine rings is 1. The second-order valence-corrected chi connectivity index (χ2v) is 6.55.